The van der Waals surface area contributed by atoms with Crippen LogP contribution >= 0.6 is 11.6 Å². The Labute approximate surface area is 190 Å². The molecule has 2 aliphatic rings. The van der Waals surface area contributed by atoms with Gasteiger partial charge in [0.1, 0.15) is 0 Å². The smallest absolute Gasteiger partial charge is 0.161 e. The SMILES string of the molecule is COc1cc2c(cc1OC)C(C)(C)COC2CCN1CCN(c2ccccc2Cl)CC1. The number of methoxy groups -OCH3 is 2. The fourth-order valence-electron chi connectivity index (χ4n) is 4.68. The molecule has 6 heteroatoms. The summed E-state index contributed by atoms with van der Waals surface area (Å²) in [7, 11) is 3.38. The van der Waals surface area contributed by atoms with Gasteiger partial charge in [-0.25, -0.2) is 0 Å². The number of halogens is 1. The predicted molar refractivity (Wildman–Crippen MR) is 126 cm³/mol. The Kier molecular flexibility index (Phi) is 6.65. The van der Waals surface area contributed by atoms with Crippen molar-refractivity contribution >= 4 is 17.3 Å². The third-order valence-electron chi connectivity index (χ3n) is 6.55. The highest BCUT2D eigenvalue weighted by molar-refractivity contribution is 6.33. The zero-order chi connectivity index (χ0) is 22.0. The lowest BCUT2D eigenvalue weighted by atomic mass is 9.78. The van der Waals surface area contributed by atoms with Crippen molar-refractivity contribution in [2.24, 2.45) is 0 Å². The number of rotatable bonds is 6. The van der Waals surface area contributed by atoms with Gasteiger partial charge in [-0.1, -0.05) is 37.6 Å². The van der Waals surface area contributed by atoms with Gasteiger partial charge in [0.25, 0.3) is 0 Å². The third-order valence-corrected chi connectivity index (χ3v) is 6.87. The lowest BCUT2D eigenvalue weighted by molar-refractivity contribution is -0.00352. The standard InChI is InChI=1S/C25H33ClN2O3/c1-25(2)17-31-22(18-15-23(29-3)24(30-4)16-19(18)25)9-10-27-11-13-28(14-12-27)21-8-6-5-7-20(21)26/h5-8,15-16,22H,9-14,17H2,1-4H3. The van der Waals surface area contributed by atoms with Crippen molar-refractivity contribution < 1.29 is 14.2 Å². The fourth-order valence-corrected chi connectivity index (χ4v) is 4.94. The van der Waals surface area contributed by atoms with Crippen molar-refractivity contribution in [3.8, 4) is 11.5 Å². The molecule has 1 saturated heterocycles. The van der Waals surface area contributed by atoms with E-state index in [1.807, 2.05) is 12.1 Å². The lowest BCUT2D eigenvalue weighted by Crippen LogP contribution is -2.47. The maximum Gasteiger partial charge on any atom is 0.161 e. The number of benzene rings is 2. The van der Waals surface area contributed by atoms with E-state index in [1.165, 1.54) is 11.1 Å². The van der Waals surface area contributed by atoms with Gasteiger partial charge in [0.05, 0.1) is 37.6 Å². The van der Waals surface area contributed by atoms with Gasteiger partial charge in [0.2, 0.25) is 0 Å². The molecule has 1 fully saturated rings. The van der Waals surface area contributed by atoms with Crippen LogP contribution in [0.1, 0.15) is 37.5 Å². The zero-order valence-corrected chi connectivity index (χ0v) is 19.7. The highest BCUT2D eigenvalue weighted by Gasteiger charge is 2.35. The maximum absolute atomic E-state index is 6.38. The van der Waals surface area contributed by atoms with E-state index in [2.05, 4.69) is 47.9 Å². The molecular weight excluding hydrogens is 412 g/mol. The van der Waals surface area contributed by atoms with Crippen LogP contribution in [-0.2, 0) is 10.2 Å². The summed E-state index contributed by atoms with van der Waals surface area (Å²) in [6.45, 7) is 10.2. The summed E-state index contributed by atoms with van der Waals surface area (Å²) in [4.78, 5) is 4.90. The van der Waals surface area contributed by atoms with Crippen LogP contribution < -0.4 is 14.4 Å². The van der Waals surface area contributed by atoms with Gasteiger partial charge in [0, 0.05) is 38.1 Å². The minimum absolute atomic E-state index is 0.0496. The Bertz CT molecular complexity index is 910. The Morgan fingerprint density at radius 1 is 1.03 bits per heavy atom. The van der Waals surface area contributed by atoms with Gasteiger partial charge in [-0.05, 0) is 41.8 Å². The number of fused-ring (bicyclic) bond motifs is 1. The Morgan fingerprint density at radius 2 is 1.71 bits per heavy atom. The summed E-state index contributed by atoms with van der Waals surface area (Å²) in [5, 5.41) is 0.829. The molecule has 2 aliphatic heterocycles. The molecule has 0 N–H and O–H groups in total. The van der Waals surface area contributed by atoms with Crippen LogP contribution in [0.3, 0.4) is 0 Å². The molecule has 0 spiro atoms. The Balaban J connectivity index is 1.41. The zero-order valence-electron chi connectivity index (χ0n) is 19.0. The molecule has 0 aliphatic carbocycles. The second kappa shape index (κ2) is 9.27. The van der Waals surface area contributed by atoms with E-state index in [-0.39, 0.29) is 11.5 Å². The van der Waals surface area contributed by atoms with E-state index in [4.69, 9.17) is 25.8 Å². The van der Waals surface area contributed by atoms with E-state index in [9.17, 15) is 0 Å². The molecule has 5 nitrogen and oxygen atoms in total. The van der Waals surface area contributed by atoms with Crippen molar-refractivity contribution in [3.05, 3.63) is 52.5 Å². The Hall–Kier alpha value is -1.95. The van der Waals surface area contributed by atoms with Crippen molar-refractivity contribution in [1.29, 1.82) is 0 Å². The Morgan fingerprint density at radius 3 is 2.39 bits per heavy atom. The molecule has 2 aromatic rings. The van der Waals surface area contributed by atoms with Crippen molar-refractivity contribution in [2.75, 3.05) is 58.5 Å². The van der Waals surface area contributed by atoms with Crippen molar-refractivity contribution in [2.45, 2.75) is 31.8 Å². The minimum atomic E-state index is -0.0496. The summed E-state index contributed by atoms with van der Waals surface area (Å²) >= 11 is 6.38. The largest absolute Gasteiger partial charge is 0.493 e. The van der Waals surface area contributed by atoms with Crippen LogP contribution in [0.15, 0.2) is 36.4 Å². The highest BCUT2D eigenvalue weighted by atomic mass is 35.5. The number of nitrogens with zero attached hydrogens (tertiary/aromatic N) is 2. The molecule has 4 rings (SSSR count). The molecule has 0 bridgehead atoms. The first-order valence-electron chi connectivity index (χ1n) is 11.0. The third kappa shape index (κ3) is 4.64. The lowest BCUT2D eigenvalue weighted by Gasteiger charge is -2.40. The van der Waals surface area contributed by atoms with Gasteiger partial charge in [0.15, 0.2) is 11.5 Å². The van der Waals surface area contributed by atoms with Crippen molar-refractivity contribution in [1.82, 2.24) is 4.90 Å². The normalized spacial score (nSPS) is 20.9. The van der Waals surface area contributed by atoms with Gasteiger partial charge in [-0.2, -0.15) is 0 Å². The molecule has 2 aromatic carbocycles. The molecule has 0 aromatic heterocycles. The average Bonchev–Trinajstić information content (AvgIpc) is 2.78. The molecular formula is C25H33ClN2O3. The number of para-hydroxylation sites is 1. The van der Waals surface area contributed by atoms with E-state index < -0.39 is 0 Å². The summed E-state index contributed by atoms with van der Waals surface area (Å²) in [5.41, 5.74) is 3.61. The predicted octanol–water partition coefficient (Wildman–Crippen LogP) is 4.92. The van der Waals surface area contributed by atoms with E-state index in [1.54, 1.807) is 14.2 Å². The van der Waals surface area contributed by atoms with Gasteiger partial charge < -0.3 is 19.1 Å². The first-order valence-corrected chi connectivity index (χ1v) is 11.4. The van der Waals surface area contributed by atoms with E-state index in [0.717, 1.165) is 61.4 Å². The van der Waals surface area contributed by atoms with Crippen LogP contribution in [0.2, 0.25) is 5.02 Å². The fraction of sp³-hybridized carbons (Fsp3) is 0.520. The maximum atomic E-state index is 6.38. The summed E-state index contributed by atoms with van der Waals surface area (Å²) in [6.07, 6.45) is 1.04. The number of hydrogen-bond acceptors (Lipinski definition) is 5. The molecule has 31 heavy (non-hydrogen) atoms. The molecule has 1 unspecified atom stereocenters. The molecule has 0 saturated carbocycles. The van der Waals surface area contributed by atoms with Gasteiger partial charge in [-0.15, -0.1) is 0 Å². The van der Waals surface area contributed by atoms with Gasteiger partial charge in [-0.3, -0.25) is 4.90 Å². The van der Waals surface area contributed by atoms with E-state index >= 15 is 0 Å². The van der Waals surface area contributed by atoms with Crippen LogP contribution in [0.4, 0.5) is 5.69 Å². The van der Waals surface area contributed by atoms with Crippen LogP contribution in [0.5, 0.6) is 11.5 Å². The van der Waals surface area contributed by atoms with Crippen LogP contribution in [-0.4, -0.2) is 58.5 Å². The molecule has 0 amide bonds. The van der Waals surface area contributed by atoms with Gasteiger partial charge >= 0.3 is 0 Å². The van der Waals surface area contributed by atoms with Crippen molar-refractivity contribution in [3.63, 3.8) is 0 Å². The number of ether oxygens (including phenoxy) is 3. The number of anilines is 1. The topological polar surface area (TPSA) is 34.2 Å². The minimum Gasteiger partial charge on any atom is -0.493 e. The highest BCUT2D eigenvalue weighted by Crippen LogP contribution is 2.44. The molecule has 168 valence electrons. The summed E-state index contributed by atoms with van der Waals surface area (Å²) in [5.74, 6) is 1.55. The summed E-state index contributed by atoms with van der Waals surface area (Å²) < 4.78 is 17.5. The molecule has 0 radical (unpaired) electrons. The first-order chi connectivity index (χ1) is 14.9. The molecule has 1 atom stereocenters. The molecule has 2 heterocycles. The quantitative estimate of drug-likeness (QED) is 0.631. The number of hydrogen-bond donors (Lipinski definition) is 0. The number of piperazine rings is 1. The van der Waals surface area contributed by atoms with E-state index in [0.29, 0.717) is 6.61 Å². The summed E-state index contributed by atoms with van der Waals surface area (Å²) in [6, 6.07) is 12.3. The first kappa shape index (κ1) is 22.3. The monoisotopic (exact) mass is 444 g/mol. The second-order valence-corrected chi connectivity index (χ2v) is 9.45. The van der Waals surface area contributed by atoms with Crippen LogP contribution in [0.25, 0.3) is 0 Å². The van der Waals surface area contributed by atoms with Crippen LogP contribution in [0, 0.1) is 0 Å². The average molecular weight is 445 g/mol. The second-order valence-electron chi connectivity index (χ2n) is 9.05.